The number of rotatable bonds is 3. The zero-order chi connectivity index (χ0) is 8.81. The van der Waals surface area contributed by atoms with E-state index in [0.717, 1.165) is 0 Å². The van der Waals surface area contributed by atoms with Gasteiger partial charge in [0.25, 0.3) is 0 Å². The molecule has 0 fully saturated rings. The number of hydrogen-bond acceptors (Lipinski definition) is 4. The van der Waals surface area contributed by atoms with Crippen molar-refractivity contribution in [2.24, 2.45) is 5.73 Å². The molecule has 0 atom stereocenters. The second kappa shape index (κ2) is 8.74. The quantitative estimate of drug-likeness (QED) is 0.800. The molecule has 1 rings (SSSR count). The van der Waals surface area contributed by atoms with Gasteiger partial charge in [-0.15, -0.1) is 24.8 Å². The number of carbonyl (C=O) groups is 1. The predicted octanol–water partition coefficient (Wildman–Crippen LogP) is 1.04. The number of nitrogens with two attached hydrogens (primary N) is 1. The summed E-state index contributed by atoms with van der Waals surface area (Å²) in [6, 6.07) is 5.06. The highest BCUT2D eigenvalue weighted by molar-refractivity contribution is 5.87. The van der Waals surface area contributed by atoms with Crippen LogP contribution < -0.4 is 5.73 Å². The molecule has 0 aromatic carbocycles. The molecular weight excluding hydrogens is 227 g/mol. The molecular formula is C8H12Cl2N2O2. The highest BCUT2D eigenvalue weighted by atomic mass is 35.5. The maximum absolute atomic E-state index is 11.1. The van der Waals surface area contributed by atoms with Gasteiger partial charge >= 0.3 is 5.97 Å². The summed E-state index contributed by atoms with van der Waals surface area (Å²) >= 11 is 0. The Morgan fingerprint density at radius 2 is 2.14 bits per heavy atom. The minimum absolute atomic E-state index is 0. The van der Waals surface area contributed by atoms with Gasteiger partial charge in [0, 0.05) is 12.7 Å². The number of halogens is 2. The first-order valence-corrected chi connectivity index (χ1v) is 3.63. The van der Waals surface area contributed by atoms with Gasteiger partial charge in [-0.25, -0.2) is 9.78 Å². The Bertz CT molecular complexity index is 257. The lowest BCUT2D eigenvalue weighted by Gasteiger charge is -2.00. The van der Waals surface area contributed by atoms with Gasteiger partial charge in [0.1, 0.15) is 12.3 Å². The van der Waals surface area contributed by atoms with E-state index in [4.69, 9.17) is 10.5 Å². The highest BCUT2D eigenvalue weighted by Gasteiger charge is 2.05. The zero-order valence-electron chi connectivity index (χ0n) is 7.38. The van der Waals surface area contributed by atoms with Crippen molar-refractivity contribution < 1.29 is 9.53 Å². The summed E-state index contributed by atoms with van der Waals surface area (Å²) in [5.41, 5.74) is 5.47. The van der Waals surface area contributed by atoms with Crippen LogP contribution in [0.3, 0.4) is 0 Å². The maximum Gasteiger partial charge on any atom is 0.356 e. The second-order valence-electron chi connectivity index (χ2n) is 2.14. The second-order valence-corrected chi connectivity index (χ2v) is 2.14. The van der Waals surface area contributed by atoms with Crippen molar-refractivity contribution in [3.05, 3.63) is 30.1 Å². The molecule has 0 aliphatic heterocycles. The molecule has 14 heavy (non-hydrogen) atoms. The first-order valence-electron chi connectivity index (χ1n) is 3.63. The van der Waals surface area contributed by atoms with Crippen LogP contribution in [0.4, 0.5) is 0 Å². The standard InChI is InChI=1S/C8H10N2O2.2ClH/c9-4-6-12-8(11)7-3-1-2-5-10-7;;/h1-3,5H,4,6,9H2;2*1H. The average molecular weight is 239 g/mol. The van der Waals surface area contributed by atoms with E-state index in [2.05, 4.69) is 4.98 Å². The van der Waals surface area contributed by atoms with Crippen molar-refractivity contribution in [1.82, 2.24) is 4.98 Å². The van der Waals surface area contributed by atoms with Crippen LogP contribution in [0, 0.1) is 0 Å². The van der Waals surface area contributed by atoms with Crippen LogP contribution in [0.5, 0.6) is 0 Å². The molecule has 2 N–H and O–H groups in total. The van der Waals surface area contributed by atoms with E-state index in [-0.39, 0.29) is 31.4 Å². The van der Waals surface area contributed by atoms with Crippen molar-refractivity contribution in [3.8, 4) is 0 Å². The van der Waals surface area contributed by atoms with Crippen LogP contribution in [0.2, 0.25) is 0 Å². The molecule has 0 amide bonds. The number of nitrogens with zero attached hydrogens (tertiary/aromatic N) is 1. The fourth-order valence-electron chi connectivity index (χ4n) is 0.709. The molecule has 0 bridgehead atoms. The van der Waals surface area contributed by atoms with Gasteiger partial charge in [0.15, 0.2) is 0 Å². The molecule has 1 aromatic heterocycles. The molecule has 0 saturated heterocycles. The van der Waals surface area contributed by atoms with Crippen LogP contribution in [0.1, 0.15) is 10.5 Å². The molecule has 1 heterocycles. The molecule has 6 heteroatoms. The van der Waals surface area contributed by atoms with Gasteiger partial charge in [-0.2, -0.15) is 0 Å². The van der Waals surface area contributed by atoms with Crippen LogP contribution in [0.15, 0.2) is 24.4 Å². The third kappa shape index (κ3) is 5.01. The number of aromatic nitrogens is 1. The summed E-state index contributed by atoms with van der Waals surface area (Å²) in [7, 11) is 0. The Labute approximate surface area is 94.7 Å². The number of hydrogen-bond donors (Lipinski definition) is 1. The SMILES string of the molecule is Cl.Cl.NCCOC(=O)c1ccccn1. The van der Waals surface area contributed by atoms with E-state index >= 15 is 0 Å². The van der Waals surface area contributed by atoms with Gasteiger partial charge in [-0.3, -0.25) is 0 Å². The summed E-state index contributed by atoms with van der Waals surface area (Å²) in [5.74, 6) is -0.430. The Morgan fingerprint density at radius 3 is 2.64 bits per heavy atom. The molecule has 80 valence electrons. The first kappa shape index (κ1) is 15.6. The smallest absolute Gasteiger partial charge is 0.356 e. The van der Waals surface area contributed by atoms with Gasteiger partial charge in [0.2, 0.25) is 0 Å². The fourth-order valence-corrected chi connectivity index (χ4v) is 0.709. The van der Waals surface area contributed by atoms with E-state index in [9.17, 15) is 4.79 Å². The predicted molar refractivity (Wildman–Crippen MR) is 58.1 cm³/mol. The Kier molecular flexibility index (Phi) is 9.76. The molecule has 0 unspecified atom stereocenters. The first-order chi connectivity index (χ1) is 5.84. The Balaban J connectivity index is 0. The molecule has 0 aliphatic rings. The van der Waals surface area contributed by atoms with E-state index in [1.807, 2.05) is 0 Å². The van der Waals surface area contributed by atoms with Crippen LogP contribution in [-0.4, -0.2) is 24.1 Å². The van der Waals surface area contributed by atoms with Gasteiger partial charge in [0.05, 0.1) is 0 Å². The largest absolute Gasteiger partial charge is 0.460 e. The van der Waals surface area contributed by atoms with Crippen molar-refractivity contribution in [1.29, 1.82) is 0 Å². The summed E-state index contributed by atoms with van der Waals surface area (Å²) in [6.07, 6.45) is 1.54. The molecule has 1 aromatic rings. The minimum atomic E-state index is -0.430. The Hall–Kier alpha value is -0.840. The van der Waals surface area contributed by atoms with E-state index in [0.29, 0.717) is 12.2 Å². The lowest BCUT2D eigenvalue weighted by molar-refractivity contribution is 0.0510. The Morgan fingerprint density at radius 1 is 1.43 bits per heavy atom. The third-order valence-electron chi connectivity index (χ3n) is 1.23. The zero-order valence-corrected chi connectivity index (χ0v) is 9.01. The summed E-state index contributed by atoms with van der Waals surface area (Å²) < 4.78 is 4.75. The summed E-state index contributed by atoms with van der Waals surface area (Å²) in [4.78, 5) is 14.9. The third-order valence-corrected chi connectivity index (χ3v) is 1.23. The minimum Gasteiger partial charge on any atom is -0.460 e. The maximum atomic E-state index is 11.1. The molecule has 0 radical (unpaired) electrons. The van der Waals surface area contributed by atoms with Crippen LogP contribution in [-0.2, 0) is 4.74 Å². The number of ether oxygens (including phenoxy) is 1. The van der Waals surface area contributed by atoms with Gasteiger partial charge in [-0.05, 0) is 12.1 Å². The summed E-state index contributed by atoms with van der Waals surface area (Å²) in [6.45, 7) is 0.563. The number of carbonyl (C=O) groups excluding carboxylic acids is 1. The van der Waals surface area contributed by atoms with Crippen LogP contribution >= 0.6 is 24.8 Å². The number of pyridine rings is 1. The van der Waals surface area contributed by atoms with Gasteiger partial charge in [-0.1, -0.05) is 6.07 Å². The van der Waals surface area contributed by atoms with Crippen molar-refractivity contribution in [3.63, 3.8) is 0 Å². The fraction of sp³-hybridized carbons (Fsp3) is 0.250. The van der Waals surface area contributed by atoms with E-state index in [1.54, 1.807) is 24.4 Å². The summed E-state index contributed by atoms with van der Waals surface area (Å²) in [5, 5.41) is 0. The monoisotopic (exact) mass is 238 g/mol. The lowest BCUT2D eigenvalue weighted by Crippen LogP contribution is -2.14. The van der Waals surface area contributed by atoms with Crippen LogP contribution in [0.25, 0.3) is 0 Å². The van der Waals surface area contributed by atoms with E-state index in [1.165, 1.54) is 0 Å². The average Bonchev–Trinajstić information content (AvgIpc) is 2.15. The normalized spacial score (nSPS) is 8.07. The van der Waals surface area contributed by atoms with Crippen molar-refractivity contribution in [2.75, 3.05) is 13.2 Å². The molecule has 0 spiro atoms. The lowest BCUT2D eigenvalue weighted by atomic mass is 10.4. The molecule has 0 saturated carbocycles. The highest BCUT2D eigenvalue weighted by Crippen LogP contribution is 1.95. The van der Waals surface area contributed by atoms with Crippen molar-refractivity contribution in [2.45, 2.75) is 0 Å². The van der Waals surface area contributed by atoms with Crippen molar-refractivity contribution >= 4 is 30.8 Å². The molecule has 4 nitrogen and oxygen atoms in total. The number of esters is 1. The van der Waals surface area contributed by atoms with E-state index < -0.39 is 5.97 Å². The van der Waals surface area contributed by atoms with Gasteiger partial charge < -0.3 is 10.5 Å². The molecule has 0 aliphatic carbocycles. The topological polar surface area (TPSA) is 65.2 Å².